The molecule has 0 radical (unpaired) electrons. The molecule has 10 heteroatoms. The first-order chi connectivity index (χ1) is 9.61. The van der Waals surface area contributed by atoms with Gasteiger partial charge >= 0.3 is 18.2 Å². The van der Waals surface area contributed by atoms with Gasteiger partial charge in [0.2, 0.25) is 5.91 Å². The highest BCUT2D eigenvalue weighted by Gasteiger charge is 2.26. The lowest BCUT2D eigenvalue weighted by molar-refractivity contribution is -0.139. The smallest absolute Gasteiger partial charge is 0.389 e. The van der Waals surface area contributed by atoms with E-state index in [9.17, 15) is 27.6 Å². The molecule has 7 nitrogen and oxygen atoms in total. The molecule has 0 aliphatic carbocycles. The standard InChI is InChI=1S/C11H18F3N3O4/c12-11(13,14)5-1-2-6-16-10(21)17-7(9(19)20)3-4-8(15)18/h7H,1-6H2,(H2,15,18)(H,19,20)(H2,16,17,21)/t7-/m0/s1. The van der Waals surface area contributed by atoms with E-state index >= 15 is 0 Å². The Labute approximate surface area is 119 Å². The van der Waals surface area contributed by atoms with E-state index in [2.05, 4.69) is 10.6 Å². The van der Waals surface area contributed by atoms with Crippen LogP contribution >= 0.6 is 0 Å². The average molecular weight is 313 g/mol. The van der Waals surface area contributed by atoms with Crippen LogP contribution in [-0.4, -0.2) is 41.8 Å². The lowest BCUT2D eigenvalue weighted by Gasteiger charge is -2.14. The van der Waals surface area contributed by atoms with Crippen LogP contribution in [0, 0.1) is 0 Å². The quantitative estimate of drug-likeness (QED) is 0.469. The van der Waals surface area contributed by atoms with Crippen molar-refractivity contribution in [2.24, 2.45) is 5.73 Å². The van der Waals surface area contributed by atoms with Gasteiger partial charge in [0.1, 0.15) is 6.04 Å². The SMILES string of the molecule is NC(=O)CC[C@H](NC(=O)NCCCCC(F)(F)F)C(=O)O. The van der Waals surface area contributed by atoms with Crippen LogP contribution in [0.2, 0.25) is 0 Å². The summed E-state index contributed by atoms with van der Waals surface area (Å²) in [5, 5.41) is 13.2. The second-order valence-corrected chi connectivity index (χ2v) is 4.37. The van der Waals surface area contributed by atoms with Crippen molar-refractivity contribution in [1.29, 1.82) is 0 Å². The number of nitrogens with two attached hydrogens (primary N) is 1. The summed E-state index contributed by atoms with van der Waals surface area (Å²) < 4.78 is 35.5. The summed E-state index contributed by atoms with van der Waals surface area (Å²) in [7, 11) is 0. The summed E-state index contributed by atoms with van der Waals surface area (Å²) >= 11 is 0. The highest BCUT2D eigenvalue weighted by Crippen LogP contribution is 2.21. The Morgan fingerprint density at radius 3 is 2.29 bits per heavy atom. The summed E-state index contributed by atoms with van der Waals surface area (Å²) in [6.45, 7) is -0.00985. The number of aliphatic carboxylic acids is 1. The zero-order valence-corrected chi connectivity index (χ0v) is 11.2. The highest BCUT2D eigenvalue weighted by molar-refractivity contribution is 5.83. The molecule has 0 aromatic heterocycles. The van der Waals surface area contributed by atoms with E-state index in [1.165, 1.54) is 0 Å². The maximum atomic E-state index is 11.8. The van der Waals surface area contributed by atoms with Crippen LogP contribution in [0.25, 0.3) is 0 Å². The van der Waals surface area contributed by atoms with Crippen LogP contribution in [-0.2, 0) is 9.59 Å². The number of carboxylic acids is 1. The molecule has 0 unspecified atom stereocenters. The normalized spacial score (nSPS) is 12.5. The first kappa shape index (κ1) is 19.0. The molecule has 0 aliphatic rings. The third kappa shape index (κ3) is 11.5. The Morgan fingerprint density at radius 2 is 1.81 bits per heavy atom. The molecule has 0 saturated heterocycles. The number of halogens is 3. The Hall–Kier alpha value is -2.00. The predicted octanol–water partition coefficient (Wildman–Crippen LogP) is 0.737. The Kier molecular flexibility index (Phi) is 8.17. The molecular weight excluding hydrogens is 295 g/mol. The maximum absolute atomic E-state index is 11.8. The minimum atomic E-state index is -4.23. The minimum absolute atomic E-state index is 0.00985. The Bertz CT molecular complexity index is 374. The second-order valence-electron chi connectivity index (χ2n) is 4.37. The molecule has 3 amide bonds. The number of unbranched alkanes of at least 4 members (excludes halogenated alkanes) is 1. The molecule has 0 aliphatic heterocycles. The van der Waals surface area contributed by atoms with Gasteiger partial charge in [0.05, 0.1) is 0 Å². The van der Waals surface area contributed by atoms with Crippen LogP contribution in [0.4, 0.5) is 18.0 Å². The summed E-state index contributed by atoms with van der Waals surface area (Å²) in [5.74, 6) is -2.03. The fourth-order valence-electron chi connectivity index (χ4n) is 1.41. The Morgan fingerprint density at radius 1 is 1.19 bits per heavy atom. The van der Waals surface area contributed by atoms with E-state index < -0.39 is 36.5 Å². The fourth-order valence-corrected chi connectivity index (χ4v) is 1.41. The molecule has 0 bridgehead atoms. The molecular formula is C11H18F3N3O4. The van der Waals surface area contributed by atoms with Gasteiger partial charge in [0, 0.05) is 19.4 Å². The van der Waals surface area contributed by atoms with Gasteiger partial charge in [-0.1, -0.05) is 0 Å². The zero-order chi connectivity index (χ0) is 16.5. The first-order valence-corrected chi connectivity index (χ1v) is 6.24. The van der Waals surface area contributed by atoms with Gasteiger partial charge in [-0.3, -0.25) is 4.79 Å². The molecule has 0 aromatic carbocycles. The summed E-state index contributed by atoms with van der Waals surface area (Å²) in [4.78, 5) is 32.7. The van der Waals surface area contributed by atoms with Gasteiger partial charge in [-0.25, -0.2) is 9.59 Å². The lowest BCUT2D eigenvalue weighted by Crippen LogP contribution is -2.46. The van der Waals surface area contributed by atoms with Gasteiger partial charge in [-0.2, -0.15) is 13.2 Å². The van der Waals surface area contributed by atoms with Gasteiger partial charge in [0.15, 0.2) is 0 Å². The molecule has 5 N–H and O–H groups in total. The molecule has 0 fully saturated rings. The zero-order valence-electron chi connectivity index (χ0n) is 11.2. The van der Waals surface area contributed by atoms with Crippen LogP contribution in [0.1, 0.15) is 32.1 Å². The second kappa shape index (κ2) is 9.03. The van der Waals surface area contributed by atoms with E-state index in [1.54, 1.807) is 0 Å². The average Bonchev–Trinajstić information content (AvgIpc) is 2.31. The number of carbonyl (C=O) groups is 3. The fraction of sp³-hybridized carbons (Fsp3) is 0.727. The van der Waals surface area contributed by atoms with Gasteiger partial charge < -0.3 is 21.5 Å². The van der Waals surface area contributed by atoms with E-state index in [0.717, 1.165) is 0 Å². The third-order valence-corrected chi connectivity index (χ3v) is 2.46. The number of amides is 3. The van der Waals surface area contributed by atoms with Crippen LogP contribution in [0.5, 0.6) is 0 Å². The number of hydrogen-bond donors (Lipinski definition) is 4. The molecule has 0 rings (SSSR count). The van der Waals surface area contributed by atoms with E-state index in [4.69, 9.17) is 10.8 Å². The van der Waals surface area contributed by atoms with Crippen molar-refractivity contribution in [3.8, 4) is 0 Å². The number of nitrogens with one attached hydrogen (secondary N) is 2. The van der Waals surface area contributed by atoms with Crippen LogP contribution < -0.4 is 16.4 Å². The van der Waals surface area contributed by atoms with Gasteiger partial charge in [0.25, 0.3) is 0 Å². The number of rotatable bonds is 9. The number of primary amides is 1. The minimum Gasteiger partial charge on any atom is -0.480 e. The summed E-state index contributed by atoms with van der Waals surface area (Å²) in [6, 6.07) is -2.11. The van der Waals surface area contributed by atoms with Crippen LogP contribution in [0.3, 0.4) is 0 Å². The van der Waals surface area contributed by atoms with Gasteiger partial charge in [-0.15, -0.1) is 0 Å². The first-order valence-electron chi connectivity index (χ1n) is 6.24. The molecule has 122 valence electrons. The number of hydrogen-bond acceptors (Lipinski definition) is 3. The molecule has 0 saturated carbocycles. The van der Waals surface area contributed by atoms with Crippen molar-refractivity contribution in [3.63, 3.8) is 0 Å². The molecule has 0 heterocycles. The number of carboxylic acid groups (broad SMARTS) is 1. The van der Waals surface area contributed by atoms with E-state index in [1.807, 2.05) is 0 Å². The number of carbonyl (C=O) groups excluding carboxylic acids is 2. The topological polar surface area (TPSA) is 122 Å². The molecule has 0 spiro atoms. The number of urea groups is 1. The monoisotopic (exact) mass is 313 g/mol. The van der Waals surface area contributed by atoms with Crippen molar-refractivity contribution in [1.82, 2.24) is 10.6 Å². The Balaban J connectivity index is 3.93. The van der Waals surface area contributed by atoms with Crippen molar-refractivity contribution >= 4 is 17.9 Å². The van der Waals surface area contributed by atoms with E-state index in [0.29, 0.717) is 0 Å². The maximum Gasteiger partial charge on any atom is 0.389 e. The lowest BCUT2D eigenvalue weighted by atomic mass is 10.1. The van der Waals surface area contributed by atoms with Crippen molar-refractivity contribution in [2.75, 3.05) is 6.54 Å². The summed E-state index contributed by atoms with van der Waals surface area (Å²) in [6.07, 6.45) is -5.55. The van der Waals surface area contributed by atoms with Crippen LogP contribution in [0.15, 0.2) is 0 Å². The van der Waals surface area contributed by atoms with Crippen molar-refractivity contribution < 1.29 is 32.7 Å². The highest BCUT2D eigenvalue weighted by atomic mass is 19.4. The van der Waals surface area contributed by atoms with E-state index in [-0.39, 0.29) is 32.2 Å². The van der Waals surface area contributed by atoms with Gasteiger partial charge in [-0.05, 0) is 19.3 Å². The van der Waals surface area contributed by atoms with Crippen molar-refractivity contribution in [3.05, 3.63) is 0 Å². The molecule has 1 atom stereocenters. The summed E-state index contributed by atoms with van der Waals surface area (Å²) in [5.41, 5.74) is 4.87. The number of alkyl halides is 3. The molecule has 0 aromatic rings. The molecule has 21 heavy (non-hydrogen) atoms. The third-order valence-electron chi connectivity index (χ3n) is 2.46. The van der Waals surface area contributed by atoms with Crippen molar-refractivity contribution in [2.45, 2.75) is 44.3 Å². The predicted molar refractivity (Wildman–Crippen MR) is 66.3 cm³/mol. The largest absolute Gasteiger partial charge is 0.480 e.